The van der Waals surface area contributed by atoms with Crippen molar-refractivity contribution in [2.75, 3.05) is 13.1 Å². The zero-order chi connectivity index (χ0) is 19.3. The van der Waals surface area contributed by atoms with Crippen LogP contribution >= 0.6 is 12.4 Å². The van der Waals surface area contributed by atoms with Gasteiger partial charge in [-0.1, -0.05) is 24.3 Å². The molecule has 2 heterocycles. The first-order chi connectivity index (χ1) is 13.7. The van der Waals surface area contributed by atoms with Crippen LogP contribution in [0.1, 0.15) is 27.9 Å². The molecular formula is C21H23ClFN5O. The van der Waals surface area contributed by atoms with E-state index >= 15 is 0 Å². The highest BCUT2D eigenvalue weighted by Crippen LogP contribution is 2.19. The van der Waals surface area contributed by atoms with Crippen LogP contribution in [-0.2, 0) is 13.0 Å². The predicted molar refractivity (Wildman–Crippen MR) is 111 cm³/mol. The van der Waals surface area contributed by atoms with Crippen LogP contribution < -0.4 is 10.6 Å². The van der Waals surface area contributed by atoms with Gasteiger partial charge in [0.1, 0.15) is 18.5 Å². The largest absolute Gasteiger partial charge is 0.348 e. The summed E-state index contributed by atoms with van der Waals surface area (Å²) in [6.07, 6.45) is 5.01. The minimum atomic E-state index is -0.504. The average Bonchev–Trinajstić information content (AvgIpc) is 3.42. The summed E-state index contributed by atoms with van der Waals surface area (Å²) in [6, 6.07) is 12.4. The Morgan fingerprint density at radius 1 is 1.28 bits per heavy atom. The lowest BCUT2D eigenvalue weighted by molar-refractivity contribution is 0.0946. The SMILES string of the molecule is Cl.O=C(NCc1ccccc1-n1cncn1)c1cc(CC2CCNC2)ccc1F. The van der Waals surface area contributed by atoms with E-state index in [2.05, 4.69) is 20.7 Å². The molecule has 1 saturated heterocycles. The van der Waals surface area contributed by atoms with Gasteiger partial charge in [-0.25, -0.2) is 14.1 Å². The maximum atomic E-state index is 14.3. The van der Waals surface area contributed by atoms with Crippen molar-refractivity contribution in [1.82, 2.24) is 25.4 Å². The molecule has 1 aliphatic rings. The van der Waals surface area contributed by atoms with E-state index in [0.717, 1.165) is 42.7 Å². The predicted octanol–water partition coefficient (Wildman–Crippen LogP) is 2.91. The monoisotopic (exact) mass is 415 g/mol. The van der Waals surface area contributed by atoms with Crippen LogP contribution in [0.25, 0.3) is 5.69 Å². The van der Waals surface area contributed by atoms with Gasteiger partial charge < -0.3 is 10.6 Å². The van der Waals surface area contributed by atoms with E-state index in [0.29, 0.717) is 5.92 Å². The Morgan fingerprint density at radius 2 is 2.14 bits per heavy atom. The van der Waals surface area contributed by atoms with Crippen LogP contribution in [0.3, 0.4) is 0 Å². The van der Waals surface area contributed by atoms with Crippen molar-refractivity contribution in [3.05, 3.63) is 77.6 Å². The summed E-state index contributed by atoms with van der Waals surface area (Å²) in [7, 11) is 0. The molecule has 8 heteroatoms. The number of nitrogens with one attached hydrogen (secondary N) is 2. The van der Waals surface area contributed by atoms with Crippen molar-refractivity contribution < 1.29 is 9.18 Å². The number of aromatic nitrogens is 3. The van der Waals surface area contributed by atoms with Crippen LogP contribution in [0.5, 0.6) is 0 Å². The van der Waals surface area contributed by atoms with E-state index in [4.69, 9.17) is 0 Å². The second-order valence-corrected chi connectivity index (χ2v) is 7.03. The summed E-state index contributed by atoms with van der Waals surface area (Å²) in [5.74, 6) is -0.386. The quantitative estimate of drug-likeness (QED) is 0.649. The molecule has 1 unspecified atom stereocenters. The Hall–Kier alpha value is -2.77. The van der Waals surface area contributed by atoms with E-state index in [1.807, 2.05) is 24.3 Å². The zero-order valence-electron chi connectivity index (χ0n) is 15.8. The fourth-order valence-corrected chi connectivity index (χ4v) is 3.58. The molecule has 3 aromatic rings. The van der Waals surface area contributed by atoms with Gasteiger partial charge in [0.05, 0.1) is 11.3 Å². The van der Waals surface area contributed by atoms with Crippen molar-refractivity contribution in [2.24, 2.45) is 5.92 Å². The first kappa shape index (κ1) is 21.0. The number of halogens is 2. The molecule has 1 fully saturated rings. The van der Waals surface area contributed by atoms with E-state index in [9.17, 15) is 9.18 Å². The third-order valence-corrected chi connectivity index (χ3v) is 5.06. The van der Waals surface area contributed by atoms with Crippen LogP contribution in [-0.4, -0.2) is 33.8 Å². The second kappa shape index (κ2) is 9.62. The van der Waals surface area contributed by atoms with Gasteiger partial charge in [0, 0.05) is 6.54 Å². The molecule has 0 radical (unpaired) electrons. The molecule has 0 saturated carbocycles. The summed E-state index contributed by atoms with van der Waals surface area (Å²) >= 11 is 0. The Kier molecular flexibility index (Phi) is 6.95. The van der Waals surface area contributed by atoms with Gasteiger partial charge in [-0.2, -0.15) is 5.10 Å². The van der Waals surface area contributed by atoms with Crippen molar-refractivity contribution in [3.63, 3.8) is 0 Å². The van der Waals surface area contributed by atoms with E-state index in [1.54, 1.807) is 23.1 Å². The number of benzene rings is 2. The molecule has 0 spiro atoms. The van der Waals surface area contributed by atoms with Gasteiger partial charge in [0.15, 0.2) is 0 Å². The number of nitrogens with zero attached hydrogens (tertiary/aromatic N) is 3. The Labute approximate surface area is 175 Å². The third kappa shape index (κ3) is 4.99. The zero-order valence-corrected chi connectivity index (χ0v) is 16.7. The molecule has 2 N–H and O–H groups in total. The molecule has 1 aliphatic heterocycles. The molecule has 1 atom stereocenters. The molecule has 29 heavy (non-hydrogen) atoms. The first-order valence-electron chi connectivity index (χ1n) is 9.41. The molecular weight excluding hydrogens is 393 g/mol. The lowest BCUT2D eigenvalue weighted by Crippen LogP contribution is -2.25. The third-order valence-electron chi connectivity index (χ3n) is 5.06. The Bertz CT molecular complexity index is 957. The molecule has 152 valence electrons. The van der Waals surface area contributed by atoms with E-state index in [-0.39, 0.29) is 24.5 Å². The maximum absolute atomic E-state index is 14.3. The van der Waals surface area contributed by atoms with Crippen molar-refractivity contribution in [2.45, 2.75) is 19.4 Å². The lowest BCUT2D eigenvalue weighted by atomic mass is 9.97. The van der Waals surface area contributed by atoms with Gasteiger partial charge in [0.25, 0.3) is 5.91 Å². The Balaban J connectivity index is 0.00000240. The number of rotatable bonds is 6. The molecule has 2 aromatic carbocycles. The summed E-state index contributed by atoms with van der Waals surface area (Å²) in [5, 5.41) is 10.3. The van der Waals surface area contributed by atoms with Gasteiger partial charge in [0.2, 0.25) is 0 Å². The highest BCUT2D eigenvalue weighted by Gasteiger charge is 2.18. The van der Waals surface area contributed by atoms with E-state index in [1.165, 1.54) is 12.4 Å². The molecule has 1 amide bonds. The van der Waals surface area contributed by atoms with Crippen molar-refractivity contribution >= 4 is 18.3 Å². The summed E-state index contributed by atoms with van der Waals surface area (Å²) in [6.45, 7) is 2.26. The number of hydrogen-bond donors (Lipinski definition) is 2. The normalized spacial score (nSPS) is 15.7. The first-order valence-corrected chi connectivity index (χ1v) is 9.41. The van der Waals surface area contributed by atoms with Crippen LogP contribution in [0.2, 0.25) is 0 Å². The number of hydrogen-bond acceptors (Lipinski definition) is 4. The van der Waals surface area contributed by atoms with Crippen LogP contribution in [0, 0.1) is 11.7 Å². The maximum Gasteiger partial charge on any atom is 0.254 e. The minimum Gasteiger partial charge on any atom is -0.348 e. The summed E-state index contributed by atoms with van der Waals surface area (Å²) in [5.41, 5.74) is 2.77. The number of para-hydroxylation sites is 1. The smallest absolute Gasteiger partial charge is 0.254 e. The summed E-state index contributed by atoms with van der Waals surface area (Å²) in [4.78, 5) is 16.6. The molecule has 0 bridgehead atoms. The number of amides is 1. The Morgan fingerprint density at radius 3 is 2.90 bits per heavy atom. The van der Waals surface area contributed by atoms with Crippen LogP contribution in [0.15, 0.2) is 55.1 Å². The molecule has 0 aliphatic carbocycles. The van der Waals surface area contributed by atoms with Gasteiger partial charge in [-0.15, -0.1) is 12.4 Å². The summed E-state index contributed by atoms with van der Waals surface area (Å²) < 4.78 is 15.9. The van der Waals surface area contributed by atoms with Gasteiger partial charge >= 0.3 is 0 Å². The highest BCUT2D eigenvalue weighted by atomic mass is 35.5. The standard InChI is InChI=1S/C21H22FN5O.ClH/c22-19-6-5-15(9-16-7-8-23-11-16)10-18(19)21(28)25-12-17-3-1-2-4-20(17)27-14-24-13-26-27;/h1-6,10,13-14,16,23H,7-9,11-12H2,(H,25,28);1H. The van der Waals surface area contributed by atoms with E-state index < -0.39 is 11.7 Å². The number of carbonyl (C=O) groups is 1. The van der Waals surface area contributed by atoms with Gasteiger partial charge in [-0.3, -0.25) is 4.79 Å². The molecule has 4 rings (SSSR count). The number of carbonyl (C=O) groups excluding carboxylic acids is 1. The van der Waals surface area contributed by atoms with Crippen molar-refractivity contribution in [1.29, 1.82) is 0 Å². The average molecular weight is 416 g/mol. The highest BCUT2D eigenvalue weighted by molar-refractivity contribution is 5.94. The molecule has 6 nitrogen and oxygen atoms in total. The van der Waals surface area contributed by atoms with Crippen LogP contribution in [0.4, 0.5) is 4.39 Å². The lowest BCUT2D eigenvalue weighted by Gasteiger charge is -2.12. The fraction of sp³-hybridized carbons (Fsp3) is 0.286. The van der Waals surface area contributed by atoms with Crippen molar-refractivity contribution in [3.8, 4) is 5.69 Å². The topological polar surface area (TPSA) is 71.8 Å². The molecule has 1 aromatic heterocycles. The fourth-order valence-electron chi connectivity index (χ4n) is 3.58. The van der Waals surface area contributed by atoms with Gasteiger partial charge in [-0.05, 0) is 61.2 Å². The minimum absolute atomic E-state index is 0. The second-order valence-electron chi connectivity index (χ2n) is 7.03.